The minimum absolute atomic E-state index is 0.0211. The Labute approximate surface area is 136 Å². The van der Waals surface area contributed by atoms with Crippen molar-refractivity contribution < 1.29 is 14.7 Å². The average molecular weight is 342 g/mol. The van der Waals surface area contributed by atoms with Gasteiger partial charge in [-0.2, -0.15) is 0 Å². The SMILES string of the molecule is O=C(O)CCCN1C(=O)/C(=C/c2ccc(Cl)cc2)SC1=S. The van der Waals surface area contributed by atoms with Crippen LogP contribution in [-0.4, -0.2) is 32.7 Å². The molecule has 0 bridgehead atoms. The van der Waals surface area contributed by atoms with Crippen molar-refractivity contribution in [3.63, 3.8) is 0 Å². The summed E-state index contributed by atoms with van der Waals surface area (Å²) in [5.41, 5.74) is 0.866. The molecular weight excluding hydrogens is 330 g/mol. The van der Waals surface area contributed by atoms with E-state index in [1.54, 1.807) is 18.2 Å². The number of amides is 1. The van der Waals surface area contributed by atoms with Crippen LogP contribution in [0.1, 0.15) is 18.4 Å². The Morgan fingerprint density at radius 2 is 2.05 bits per heavy atom. The van der Waals surface area contributed by atoms with E-state index < -0.39 is 5.97 Å². The molecule has 1 aliphatic heterocycles. The second kappa shape index (κ2) is 7.06. The molecule has 0 unspecified atom stereocenters. The molecule has 1 amide bonds. The Balaban J connectivity index is 2.06. The van der Waals surface area contributed by atoms with Crippen LogP contribution in [-0.2, 0) is 9.59 Å². The molecular formula is C14H12ClNO3S2. The van der Waals surface area contributed by atoms with Gasteiger partial charge in [0.15, 0.2) is 0 Å². The van der Waals surface area contributed by atoms with Gasteiger partial charge in [-0.3, -0.25) is 14.5 Å². The zero-order valence-electron chi connectivity index (χ0n) is 10.9. The standard InChI is InChI=1S/C14H12ClNO3S2/c15-10-5-3-9(4-6-10)8-11-13(19)16(14(20)21-11)7-1-2-12(17)18/h3-6,8H,1-2,7H2,(H,17,18)/b11-8-. The quantitative estimate of drug-likeness (QED) is 0.657. The molecule has 0 spiro atoms. The highest BCUT2D eigenvalue weighted by Gasteiger charge is 2.31. The highest BCUT2D eigenvalue weighted by Crippen LogP contribution is 2.32. The predicted octanol–water partition coefficient (Wildman–Crippen LogP) is 3.41. The second-order valence-electron chi connectivity index (χ2n) is 4.38. The fraction of sp³-hybridized carbons (Fsp3) is 0.214. The molecule has 0 aromatic heterocycles. The van der Waals surface area contributed by atoms with Gasteiger partial charge < -0.3 is 5.11 Å². The topological polar surface area (TPSA) is 57.6 Å². The molecule has 0 aliphatic carbocycles. The molecule has 1 saturated heterocycles. The molecule has 110 valence electrons. The van der Waals surface area contributed by atoms with Crippen molar-refractivity contribution >= 4 is 57.9 Å². The lowest BCUT2D eigenvalue weighted by Gasteiger charge is -2.13. The fourth-order valence-corrected chi connectivity index (χ4v) is 3.23. The third-order valence-corrected chi connectivity index (χ3v) is 4.44. The summed E-state index contributed by atoms with van der Waals surface area (Å²) in [5, 5.41) is 9.26. The monoisotopic (exact) mass is 341 g/mol. The number of hydrogen-bond donors (Lipinski definition) is 1. The van der Waals surface area contributed by atoms with Gasteiger partial charge in [-0.1, -0.05) is 47.7 Å². The fourth-order valence-electron chi connectivity index (χ4n) is 1.79. The van der Waals surface area contributed by atoms with E-state index in [0.29, 0.717) is 27.2 Å². The molecule has 2 rings (SSSR count). The summed E-state index contributed by atoms with van der Waals surface area (Å²) in [5.74, 6) is -1.05. The first-order valence-corrected chi connectivity index (χ1v) is 7.80. The zero-order chi connectivity index (χ0) is 15.4. The molecule has 0 saturated carbocycles. The van der Waals surface area contributed by atoms with Crippen LogP contribution in [0.5, 0.6) is 0 Å². The maximum atomic E-state index is 12.2. The maximum Gasteiger partial charge on any atom is 0.303 e. The number of carboxylic acid groups (broad SMARTS) is 1. The summed E-state index contributed by atoms with van der Waals surface area (Å²) >= 11 is 12.2. The molecule has 1 fully saturated rings. The summed E-state index contributed by atoms with van der Waals surface area (Å²) < 4.78 is 0.464. The van der Waals surface area contributed by atoms with Crippen molar-refractivity contribution in [3.8, 4) is 0 Å². The lowest BCUT2D eigenvalue weighted by Crippen LogP contribution is -2.29. The normalized spacial score (nSPS) is 16.8. The van der Waals surface area contributed by atoms with Crippen LogP contribution in [0.15, 0.2) is 29.2 Å². The minimum atomic E-state index is -0.878. The van der Waals surface area contributed by atoms with Gasteiger partial charge in [0, 0.05) is 18.0 Å². The van der Waals surface area contributed by atoms with E-state index in [2.05, 4.69) is 0 Å². The molecule has 1 aliphatic rings. The number of hydrogen-bond acceptors (Lipinski definition) is 4. The van der Waals surface area contributed by atoms with Crippen LogP contribution in [0.3, 0.4) is 0 Å². The average Bonchev–Trinajstić information content (AvgIpc) is 2.68. The summed E-state index contributed by atoms with van der Waals surface area (Å²) in [7, 11) is 0. The van der Waals surface area contributed by atoms with Gasteiger partial charge in [0.1, 0.15) is 4.32 Å². The van der Waals surface area contributed by atoms with Gasteiger partial charge >= 0.3 is 5.97 Å². The number of thiocarbonyl (C=S) groups is 1. The van der Waals surface area contributed by atoms with E-state index in [0.717, 1.165) is 5.56 Å². The first-order chi connectivity index (χ1) is 9.97. The van der Waals surface area contributed by atoms with Gasteiger partial charge in [-0.15, -0.1) is 0 Å². The predicted molar refractivity (Wildman–Crippen MR) is 88.2 cm³/mol. The first-order valence-electron chi connectivity index (χ1n) is 6.20. The Morgan fingerprint density at radius 1 is 1.38 bits per heavy atom. The second-order valence-corrected chi connectivity index (χ2v) is 6.49. The number of nitrogens with zero attached hydrogens (tertiary/aromatic N) is 1. The largest absolute Gasteiger partial charge is 0.481 e. The van der Waals surface area contributed by atoms with Gasteiger partial charge in [0.2, 0.25) is 0 Å². The van der Waals surface area contributed by atoms with Crippen LogP contribution >= 0.6 is 35.6 Å². The van der Waals surface area contributed by atoms with Crippen molar-refractivity contribution in [2.24, 2.45) is 0 Å². The number of carboxylic acids is 1. The third-order valence-electron chi connectivity index (χ3n) is 2.81. The molecule has 1 aromatic rings. The number of halogens is 1. The van der Waals surface area contributed by atoms with Gasteiger partial charge in [-0.25, -0.2) is 0 Å². The van der Waals surface area contributed by atoms with Crippen LogP contribution < -0.4 is 0 Å². The van der Waals surface area contributed by atoms with E-state index >= 15 is 0 Å². The van der Waals surface area contributed by atoms with Crippen molar-refractivity contribution in [1.82, 2.24) is 4.90 Å². The van der Waals surface area contributed by atoms with Crippen LogP contribution in [0.25, 0.3) is 6.08 Å². The summed E-state index contributed by atoms with van der Waals surface area (Å²) in [4.78, 5) is 24.7. The summed E-state index contributed by atoms with van der Waals surface area (Å²) in [6, 6.07) is 7.14. The number of aliphatic carboxylic acids is 1. The highest BCUT2D eigenvalue weighted by molar-refractivity contribution is 8.26. The number of thioether (sulfide) groups is 1. The molecule has 1 N–H and O–H groups in total. The van der Waals surface area contributed by atoms with Gasteiger partial charge in [0.25, 0.3) is 5.91 Å². The number of carbonyl (C=O) groups excluding carboxylic acids is 1. The van der Waals surface area contributed by atoms with Crippen molar-refractivity contribution in [2.45, 2.75) is 12.8 Å². The Kier molecular flexibility index (Phi) is 5.39. The Bertz CT molecular complexity index is 613. The van der Waals surface area contributed by atoms with Crippen LogP contribution in [0.2, 0.25) is 5.02 Å². The summed E-state index contributed by atoms with van der Waals surface area (Å²) in [6.45, 7) is 0.328. The minimum Gasteiger partial charge on any atom is -0.481 e. The van der Waals surface area contributed by atoms with E-state index in [4.69, 9.17) is 28.9 Å². The number of rotatable bonds is 5. The molecule has 0 atom stereocenters. The molecule has 21 heavy (non-hydrogen) atoms. The van der Waals surface area contributed by atoms with Crippen LogP contribution in [0.4, 0.5) is 0 Å². The van der Waals surface area contributed by atoms with Crippen molar-refractivity contribution in [2.75, 3.05) is 6.54 Å². The zero-order valence-corrected chi connectivity index (χ0v) is 13.3. The maximum absolute atomic E-state index is 12.2. The van der Waals surface area contributed by atoms with E-state index in [1.807, 2.05) is 12.1 Å². The highest BCUT2D eigenvalue weighted by atomic mass is 35.5. The third kappa shape index (κ3) is 4.30. The van der Waals surface area contributed by atoms with E-state index in [9.17, 15) is 9.59 Å². The number of carbonyl (C=O) groups is 2. The molecule has 4 nitrogen and oxygen atoms in total. The molecule has 1 heterocycles. The Morgan fingerprint density at radius 3 is 2.67 bits per heavy atom. The van der Waals surface area contributed by atoms with Crippen LogP contribution in [0, 0.1) is 0 Å². The smallest absolute Gasteiger partial charge is 0.303 e. The van der Waals surface area contributed by atoms with E-state index in [1.165, 1.54) is 16.7 Å². The van der Waals surface area contributed by atoms with Gasteiger partial charge in [0.05, 0.1) is 4.91 Å². The van der Waals surface area contributed by atoms with Crippen molar-refractivity contribution in [1.29, 1.82) is 0 Å². The summed E-state index contributed by atoms with van der Waals surface area (Å²) in [6.07, 6.45) is 2.16. The molecule has 0 radical (unpaired) electrons. The lowest BCUT2D eigenvalue weighted by molar-refractivity contribution is -0.137. The van der Waals surface area contributed by atoms with Gasteiger partial charge in [-0.05, 0) is 30.2 Å². The first kappa shape index (κ1) is 16.0. The van der Waals surface area contributed by atoms with E-state index in [-0.39, 0.29) is 12.3 Å². The molecule has 1 aromatic carbocycles. The number of benzene rings is 1. The Hall–Kier alpha value is -1.37. The van der Waals surface area contributed by atoms with Crippen molar-refractivity contribution in [3.05, 3.63) is 39.8 Å². The lowest BCUT2D eigenvalue weighted by atomic mass is 10.2. The molecule has 7 heteroatoms.